The third-order valence-corrected chi connectivity index (χ3v) is 2.42. The molecule has 1 heterocycles. The van der Waals surface area contributed by atoms with E-state index in [0.717, 1.165) is 11.8 Å². The molecule has 0 saturated heterocycles. The second-order valence-corrected chi connectivity index (χ2v) is 3.73. The molecular weight excluding hydrogens is 248 g/mol. The summed E-state index contributed by atoms with van der Waals surface area (Å²) in [6.45, 7) is 0.0179. The number of hydrogen-bond acceptors (Lipinski definition) is 5. The minimum absolute atomic E-state index is 0.0179. The Morgan fingerprint density at radius 2 is 2.00 bits per heavy atom. The monoisotopic (exact) mass is 260 g/mol. The Bertz CT molecular complexity index is 569. The maximum atomic E-state index is 10.6. The molecule has 0 aliphatic carbocycles. The van der Waals surface area contributed by atoms with Gasteiger partial charge in [-0.3, -0.25) is 0 Å². The van der Waals surface area contributed by atoms with Crippen molar-refractivity contribution in [3.63, 3.8) is 0 Å². The lowest BCUT2D eigenvalue weighted by Gasteiger charge is -2.09. The number of carboxylic acid groups (broad SMARTS) is 1. The molecule has 0 aliphatic heterocycles. The summed E-state index contributed by atoms with van der Waals surface area (Å²) in [7, 11) is 0. The second kappa shape index (κ2) is 5.92. The van der Waals surface area contributed by atoms with Gasteiger partial charge in [0.25, 0.3) is 0 Å². The van der Waals surface area contributed by atoms with Crippen molar-refractivity contribution in [1.82, 2.24) is 9.97 Å². The fraction of sp³-hybridized carbons (Fsp3) is 0.154. The second-order valence-electron chi connectivity index (χ2n) is 3.73. The molecule has 6 heteroatoms. The molecular formula is C13H12N2O4. The SMILES string of the molecule is O=C(O)c1cnc(Oc2ccccc2CCO)cn1. The number of carboxylic acids is 1. The van der Waals surface area contributed by atoms with Gasteiger partial charge in [-0.05, 0) is 18.1 Å². The van der Waals surface area contributed by atoms with Crippen LogP contribution in [-0.2, 0) is 6.42 Å². The van der Waals surface area contributed by atoms with Crippen molar-refractivity contribution in [2.24, 2.45) is 0 Å². The summed E-state index contributed by atoms with van der Waals surface area (Å²) in [5.74, 6) is -0.371. The molecule has 0 atom stereocenters. The van der Waals surface area contributed by atoms with Crippen LogP contribution in [0.15, 0.2) is 36.7 Å². The van der Waals surface area contributed by atoms with Crippen molar-refractivity contribution in [3.05, 3.63) is 47.9 Å². The van der Waals surface area contributed by atoms with Gasteiger partial charge in [0.2, 0.25) is 5.88 Å². The van der Waals surface area contributed by atoms with Crippen molar-refractivity contribution >= 4 is 5.97 Å². The largest absolute Gasteiger partial charge is 0.476 e. The molecule has 0 fully saturated rings. The highest BCUT2D eigenvalue weighted by molar-refractivity contribution is 5.84. The minimum atomic E-state index is -1.14. The van der Waals surface area contributed by atoms with E-state index in [2.05, 4.69) is 9.97 Å². The Morgan fingerprint density at radius 1 is 1.21 bits per heavy atom. The molecule has 6 nitrogen and oxygen atoms in total. The number of nitrogens with zero attached hydrogens (tertiary/aromatic N) is 2. The van der Waals surface area contributed by atoms with Gasteiger partial charge in [0.1, 0.15) is 5.75 Å². The molecule has 0 aliphatic rings. The molecule has 0 saturated carbocycles. The van der Waals surface area contributed by atoms with Crippen LogP contribution in [0.5, 0.6) is 11.6 Å². The fourth-order valence-corrected chi connectivity index (χ4v) is 1.52. The lowest BCUT2D eigenvalue weighted by atomic mass is 10.1. The van der Waals surface area contributed by atoms with Crippen molar-refractivity contribution < 1.29 is 19.7 Å². The van der Waals surface area contributed by atoms with E-state index in [1.807, 2.05) is 12.1 Å². The lowest BCUT2D eigenvalue weighted by molar-refractivity contribution is 0.0690. The molecule has 0 radical (unpaired) electrons. The predicted octanol–water partition coefficient (Wildman–Crippen LogP) is 1.50. The van der Waals surface area contributed by atoms with E-state index in [0.29, 0.717) is 12.2 Å². The summed E-state index contributed by atoms with van der Waals surface area (Å²) in [6.07, 6.45) is 2.85. The third-order valence-electron chi connectivity index (χ3n) is 2.42. The molecule has 2 rings (SSSR count). The normalized spacial score (nSPS) is 10.2. The zero-order valence-electron chi connectivity index (χ0n) is 9.98. The zero-order chi connectivity index (χ0) is 13.7. The molecule has 98 valence electrons. The first kappa shape index (κ1) is 13.0. The first-order valence-corrected chi connectivity index (χ1v) is 5.62. The summed E-state index contributed by atoms with van der Waals surface area (Å²) in [6, 6.07) is 7.23. The number of ether oxygens (including phenoxy) is 1. The Morgan fingerprint density at radius 3 is 2.63 bits per heavy atom. The molecule has 0 spiro atoms. The van der Waals surface area contributed by atoms with E-state index in [1.165, 1.54) is 6.20 Å². The molecule has 1 aromatic carbocycles. The average molecular weight is 260 g/mol. The topological polar surface area (TPSA) is 92.5 Å². The van der Waals surface area contributed by atoms with Gasteiger partial charge in [-0.25, -0.2) is 14.8 Å². The predicted molar refractivity (Wildman–Crippen MR) is 66.3 cm³/mol. The molecule has 2 N–H and O–H groups in total. The highest BCUT2D eigenvalue weighted by Crippen LogP contribution is 2.23. The molecule has 19 heavy (non-hydrogen) atoms. The molecule has 0 unspecified atom stereocenters. The number of aliphatic hydroxyl groups is 1. The van der Waals surface area contributed by atoms with Gasteiger partial charge in [0.05, 0.1) is 12.4 Å². The summed E-state index contributed by atoms with van der Waals surface area (Å²) in [5, 5.41) is 17.7. The maximum Gasteiger partial charge on any atom is 0.356 e. The summed E-state index contributed by atoms with van der Waals surface area (Å²) in [4.78, 5) is 18.2. The van der Waals surface area contributed by atoms with Crippen molar-refractivity contribution in [3.8, 4) is 11.6 Å². The van der Waals surface area contributed by atoms with E-state index >= 15 is 0 Å². The number of carbonyl (C=O) groups is 1. The van der Waals surface area contributed by atoms with E-state index in [-0.39, 0.29) is 18.2 Å². The Balaban J connectivity index is 2.19. The van der Waals surface area contributed by atoms with Crippen molar-refractivity contribution in [1.29, 1.82) is 0 Å². The average Bonchev–Trinajstić information content (AvgIpc) is 2.42. The lowest BCUT2D eigenvalue weighted by Crippen LogP contribution is -2.02. The van der Waals surface area contributed by atoms with Gasteiger partial charge in [-0.1, -0.05) is 18.2 Å². The standard InChI is InChI=1S/C13H12N2O4/c16-6-5-9-3-1-2-4-11(9)19-12-8-14-10(7-15-12)13(17)18/h1-4,7-8,16H,5-6H2,(H,17,18). The molecule has 0 bridgehead atoms. The first-order chi connectivity index (χ1) is 9.20. The minimum Gasteiger partial charge on any atom is -0.476 e. The summed E-state index contributed by atoms with van der Waals surface area (Å²) >= 11 is 0. The van der Waals surface area contributed by atoms with Gasteiger partial charge in [-0.2, -0.15) is 0 Å². The zero-order valence-corrected chi connectivity index (χ0v) is 9.98. The number of rotatable bonds is 5. The van der Waals surface area contributed by atoms with E-state index in [4.69, 9.17) is 14.9 Å². The Hall–Kier alpha value is -2.47. The highest BCUT2D eigenvalue weighted by atomic mass is 16.5. The Kier molecular flexibility index (Phi) is 4.04. The van der Waals surface area contributed by atoms with Gasteiger partial charge in [0.15, 0.2) is 5.69 Å². The van der Waals surface area contributed by atoms with Crippen LogP contribution in [0.4, 0.5) is 0 Å². The van der Waals surface area contributed by atoms with E-state index in [1.54, 1.807) is 12.1 Å². The number of aromatic nitrogens is 2. The van der Waals surface area contributed by atoms with Crippen LogP contribution in [0.1, 0.15) is 16.1 Å². The smallest absolute Gasteiger partial charge is 0.356 e. The van der Waals surface area contributed by atoms with Crippen molar-refractivity contribution in [2.75, 3.05) is 6.61 Å². The van der Waals surface area contributed by atoms with Crippen LogP contribution < -0.4 is 4.74 Å². The van der Waals surface area contributed by atoms with Gasteiger partial charge < -0.3 is 14.9 Å². The molecule has 2 aromatic rings. The van der Waals surface area contributed by atoms with Gasteiger partial charge in [-0.15, -0.1) is 0 Å². The number of aromatic carboxylic acids is 1. The summed E-state index contributed by atoms with van der Waals surface area (Å²) < 4.78 is 5.52. The van der Waals surface area contributed by atoms with Crippen LogP contribution >= 0.6 is 0 Å². The van der Waals surface area contributed by atoms with E-state index < -0.39 is 5.97 Å². The van der Waals surface area contributed by atoms with Gasteiger partial charge >= 0.3 is 5.97 Å². The molecule has 1 aromatic heterocycles. The van der Waals surface area contributed by atoms with Crippen LogP contribution in [0.2, 0.25) is 0 Å². The molecule has 0 amide bonds. The van der Waals surface area contributed by atoms with E-state index in [9.17, 15) is 4.79 Å². The quantitative estimate of drug-likeness (QED) is 0.846. The number of aliphatic hydroxyl groups excluding tert-OH is 1. The van der Waals surface area contributed by atoms with Crippen LogP contribution in [0.25, 0.3) is 0 Å². The fourth-order valence-electron chi connectivity index (χ4n) is 1.52. The van der Waals surface area contributed by atoms with Crippen LogP contribution in [0.3, 0.4) is 0 Å². The summed E-state index contributed by atoms with van der Waals surface area (Å²) in [5.41, 5.74) is 0.699. The van der Waals surface area contributed by atoms with Crippen molar-refractivity contribution in [2.45, 2.75) is 6.42 Å². The highest BCUT2D eigenvalue weighted by Gasteiger charge is 2.08. The number of hydrogen-bond donors (Lipinski definition) is 2. The van der Waals surface area contributed by atoms with Crippen LogP contribution in [0, 0.1) is 0 Å². The number of benzene rings is 1. The maximum absolute atomic E-state index is 10.6. The van der Waals surface area contributed by atoms with Gasteiger partial charge in [0, 0.05) is 6.61 Å². The Labute approximate surface area is 109 Å². The van der Waals surface area contributed by atoms with Crippen LogP contribution in [-0.4, -0.2) is 32.8 Å². The third kappa shape index (κ3) is 3.26. The first-order valence-electron chi connectivity index (χ1n) is 5.62. The number of para-hydroxylation sites is 1.